The highest BCUT2D eigenvalue weighted by atomic mass is 35.5. The predicted molar refractivity (Wildman–Crippen MR) is 115 cm³/mol. The zero-order chi connectivity index (χ0) is 20.4. The van der Waals surface area contributed by atoms with Gasteiger partial charge < -0.3 is 0 Å². The standard InChI is InChI=1S/C23H17ClN2O2S/c1-2-17-8-6-7-11-22(17)29(27,28)26-16-21(18-9-4-3-5-10-18)23(25-26)19-12-14-20(24)15-13-19/h1,3-15,21H,16H2. The normalized spacial score (nSPS) is 16.3. The second-order valence-electron chi connectivity index (χ2n) is 6.61. The van der Waals surface area contributed by atoms with E-state index >= 15 is 0 Å². The Morgan fingerprint density at radius 2 is 1.62 bits per heavy atom. The molecule has 1 unspecified atom stereocenters. The zero-order valence-corrected chi connectivity index (χ0v) is 16.9. The van der Waals surface area contributed by atoms with Crippen LogP contribution in [0.15, 0.2) is 88.9 Å². The van der Waals surface area contributed by atoms with E-state index in [4.69, 9.17) is 18.0 Å². The van der Waals surface area contributed by atoms with Gasteiger partial charge in [0.05, 0.1) is 12.3 Å². The second kappa shape index (κ2) is 7.75. The summed E-state index contributed by atoms with van der Waals surface area (Å²) in [6.07, 6.45) is 5.52. The predicted octanol–water partition coefficient (Wildman–Crippen LogP) is 4.51. The minimum atomic E-state index is -3.89. The van der Waals surface area contributed by atoms with Crippen molar-refractivity contribution in [3.05, 3.63) is 101 Å². The molecule has 0 aliphatic carbocycles. The third kappa shape index (κ3) is 3.65. The number of halogens is 1. The van der Waals surface area contributed by atoms with E-state index in [0.29, 0.717) is 16.3 Å². The molecule has 0 saturated carbocycles. The van der Waals surface area contributed by atoms with Crippen LogP contribution in [0.1, 0.15) is 22.6 Å². The van der Waals surface area contributed by atoms with E-state index < -0.39 is 10.0 Å². The molecule has 0 aromatic heterocycles. The summed E-state index contributed by atoms with van der Waals surface area (Å²) in [7, 11) is -3.89. The van der Waals surface area contributed by atoms with Crippen LogP contribution in [0.3, 0.4) is 0 Å². The Hall–Kier alpha value is -3.07. The van der Waals surface area contributed by atoms with Crippen LogP contribution in [0.25, 0.3) is 0 Å². The van der Waals surface area contributed by atoms with Crippen LogP contribution in [0, 0.1) is 12.3 Å². The summed E-state index contributed by atoms with van der Waals surface area (Å²) >= 11 is 6.02. The minimum Gasteiger partial charge on any atom is -0.200 e. The quantitative estimate of drug-likeness (QED) is 0.583. The molecule has 3 aromatic carbocycles. The first-order valence-electron chi connectivity index (χ1n) is 8.98. The molecular weight excluding hydrogens is 404 g/mol. The maximum absolute atomic E-state index is 13.3. The molecule has 0 spiro atoms. The fraction of sp³-hybridized carbons (Fsp3) is 0.0870. The molecule has 1 atom stereocenters. The molecule has 0 N–H and O–H groups in total. The number of benzene rings is 3. The molecule has 1 aliphatic rings. The van der Waals surface area contributed by atoms with Crippen LogP contribution in [0.2, 0.25) is 5.02 Å². The zero-order valence-electron chi connectivity index (χ0n) is 15.4. The van der Waals surface area contributed by atoms with Crippen molar-refractivity contribution in [2.24, 2.45) is 5.10 Å². The van der Waals surface area contributed by atoms with E-state index in [0.717, 1.165) is 15.5 Å². The summed E-state index contributed by atoms with van der Waals surface area (Å²) < 4.78 is 27.8. The molecular formula is C23H17ClN2O2S. The third-order valence-corrected chi connectivity index (χ3v) is 6.78. The van der Waals surface area contributed by atoms with Gasteiger partial charge in [-0.25, -0.2) is 0 Å². The summed E-state index contributed by atoms with van der Waals surface area (Å²) in [6.45, 7) is 0.198. The van der Waals surface area contributed by atoms with E-state index in [1.807, 2.05) is 42.5 Å². The van der Waals surface area contributed by atoms with E-state index in [9.17, 15) is 8.42 Å². The van der Waals surface area contributed by atoms with Gasteiger partial charge in [0.25, 0.3) is 10.0 Å². The number of hydrogen-bond acceptors (Lipinski definition) is 3. The van der Waals surface area contributed by atoms with Gasteiger partial charge in [0.15, 0.2) is 0 Å². The van der Waals surface area contributed by atoms with Gasteiger partial charge in [-0.3, -0.25) is 0 Å². The van der Waals surface area contributed by atoms with Crippen LogP contribution >= 0.6 is 11.6 Å². The largest absolute Gasteiger partial charge is 0.280 e. The molecule has 0 saturated heterocycles. The molecule has 4 rings (SSSR count). The molecule has 0 fully saturated rings. The lowest BCUT2D eigenvalue weighted by molar-refractivity contribution is 0.451. The molecule has 3 aromatic rings. The van der Waals surface area contributed by atoms with Crippen molar-refractivity contribution >= 4 is 27.3 Å². The molecule has 144 valence electrons. The fourth-order valence-corrected chi connectivity index (χ4v) is 4.93. The lowest BCUT2D eigenvalue weighted by Gasteiger charge is -2.17. The highest BCUT2D eigenvalue weighted by Gasteiger charge is 2.36. The number of hydrogen-bond donors (Lipinski definition) is 0. The van der Waals surface area contributed by atoms with Gasteiger partial charge in [-0.1, -0.05) is 72.1 Å². The van der Waals surface area contributed by atoms with Gasteiger partial charge in [0.2, 0.25) is 0 Å². The van der Waals surface area contributed by atoms with E-state index in [2.05, 4.69) is 11.0 Å². The Labute approximate surface area is 175 Å². The summed E-state index contributed by atoms with van der Waals surface area (Å²) in [5.41, 5.74) is 2.81. The van der Waals surface area contributed by atoms with Crippen molar-refractivity contribution < 1.29 is 8.42 Å². The van der Waals surface area contributed by atoms with Crippen LogP contribution in [-0.4, -0.2) is 25.1 Å². The van der Waals surface area contributed by atoms with Crippen LogP contribution in [-0.2, 0) is 10.0 Å². The Bertz CT molecular complexity index is 1210. The summed E-state index contributed by atoms with van der Waals surface area (Å²) in [5, 5.41) is 5.13. The number of terminal acetylenes is 1. The molecule has 0 radical (unpaired) electrons. The molecule has 29 heavy (non-hydrogen) atoms. The fourth-order valence-electron chi connectivity index (χ4n) is 3.38. The number of nitrogens with zero attached hydrogens (tertiary/aromatic N) is 2. The minimum absolute atomic E-state index is 0.0791. The van der Waals surface area contributed by atoms with E-state index in [1.54, 1.807) is 30.3 Å². The van der Waals surface area contributed by atoms with Crippen LogP contribution < -0.4 is 0 Å². The maximum atomic E-state index is 13.3. The first kappa shape index (κ1) is 19.3. The summed E-state index contributed by atoms with van der Waals surface area (Å²) in [5.74, 6) is 2.24. The van der Waals surface area contributed by atoms with Crippen LogP contribution in [0.4, 0.5) is 0 Å². The first-order valence-corrected chi connectivity index (χ1v) is 10.8. The van der Waals surface area contributed by atoms with Crippen molar-refractivity contribution in [2.45, 2.75) is 10.8 Å². The molecule has 6 heteroatoms. The Morgan fingerprint density at radius 3 is 2.31 bits per heavy atom. The number of rotatable bonds is 4. The van der Waals surface area contributed by atoms with E-state index in [-0.39, 0.29) is 17.4 Å². The van der Waals surface area contributed by atoms with Crippen molar-refractivity contribution in [1.82, 2.24) is 4.41 Å². The Kier molecular flexibility index (Phi) is 5.14. The molecule has 1 aliphatic heterocycles. The molecule has 0 amide bonds. The summed E-state index contributed by atoms with van der Waals surface area (Å²) in [6, 6.07) is 23.5. The lowest BCUT2D eigenvalue weighted by Crippen LogP contribution is -2.26. The monoisotopic (exact) mass is 420 g/mol. The van der Waals surface area contributed by atoms with Gasteiger partial charge in [-0.05, 0) is 35.4 Å². The van der Waals surface area contributed by atoms with Gasteiger partial charge >= 0.3 is 0 Å². The number of hydrazone groups is 1. The molecule has 4 nitrogen and oxygen atoms in total. The third-order valence-electron chi connectivity index (χ3n) is 4.83. The highest BCUT2D eigenvalue weighted by molar-refractivity contribution is 7.89. The van der Waals surface area contributed by atoms with Crippen LogP contribution in [0.5, 0.6) is 0 Å². The average molecular weight is 421 g/mol. The van der Waals surface area contributed by atoms with Gasteiger partial charge in [0, 0.05) is 16.5 Å². The highest BCUT2D eigenvalue weighted by Crippen LogP contribution is 2.33. The van der Waals surface area contributed by atoms with Crippen molar-refractivity contribution in [1.29, 1.82) is 0 Å². The molecule has 0 bridgehead atoms. The second-order valence-corrected chi connectivity index (χ2v) is 8.85. The summed E-state index contributed by atoms with van der Waals surface area (Å²) in [4.78, 5) is 0.0791. The van der Waals surface area contributed by atoms with Gasteiger partial charge in [-0.15, -0.1) is 6.42 Å². The Balaban J connectivity index is 1.81. The lowest BCUT2D eigenvalue weighted by atomic mass is 9.91. The maximum Gasteiger partial charge on any atom is 0.280 e. The Morgan fingerprint density at radius 1 is 0.966 bits per heavy atom. The first-order chi connectivity index (χ1) is 14.0. The smallest absolute Gasteiger partial charge is 0.200 e. The van der Waals surface area contributed by atoms with Gasteiger partial charge in [-0.2, -0.15) is 17.9 Å². The number of sulfonamides is 1. The van der Waals surface area contributed by atoms with Crippen molar-refractivity contribution in [2.75, 3.05) is 6.54 Å². The topological polar surface area (TPSA) is 49.7 Å². The average Bonchev–Trinajstić information content (AvgIpc) is 3.21. The molecule has 1 heterocycles. The van der Waals surface area contributed by atoms with E-state index in [1.165, 1.54) is 6.07 Å². The SMILES string of the molecule is C#Cc1ccccc1S(=O)(=O)N1CC(c2ccccc2)C(c2ccc(Cl)cc2)=N1. The van der Waals surface area contributed by atoms with Crippen molar-refractivity contribution in [3.63, 3.8) is 0 Å². The van der Waals surface area contributed by atoms with Crippen molar-refractivity contribution in [3.8, 4) is 12.3 Å². The van der Waals surface area contributed by atoms with Gasteiger partial charge in [0.1, 0.15) is 4.90 Å².